The van der Waals surface area contributed by atoms with Crippen molar-refractivity contribution in [1.29, 1.82) is 0 Å². The number of benzene rings is 2. The summed E-state index contributed by atoms with van der Waals surface area (Å²) in [6, 6.07) is 6.33. The first-order chi connectivity index (χ1) is 19.1. The van der Waals surface area contributed by atoms with Gasteiger partial charge in [-0.3, -0.25) is 4.90 Å². The molecule has 1 N–H and O–H groups in total. The van der Waals surface area contributed by atoms with Crippen molar-refractivity contribution in [3.8, 4) is 5.75 Å². The van der Waals surface area contributed by atoms with Crippen LogP contribution in [-0.4, -0.2) is 63.9 Å². The molecule has 1 unspecified atom stereocenters. The number of alkyl halides is 8. The molecule has 1 aliphatic heterocycles. The van der Waals surface area contributed by atoms with Crippen molar-refractivity contribution in [2.75, 3.05) is 25.0 Å². The Morgan fingerprint density at radius 3 is 2.34 bits per heavy atom. The monoisotopic (exact) mass is 644 g/mol. The highest BCUT2D eigenvalue weighted by Gasteiger charge is 2.39. The number of urea groups is 1. The number of rotatable bonds is 8. The lowest BCUT2D eigenvalue weighted by Gasteiger charge is -2.29. The van der Waals surface area contributed by atoms with Gasteiger partial charge in [0.15, 0.2) is 0 Å². The average Bonchev–Trinajstić information content (AvgIpc) is 3.31. The van der Waals surface area contributed by atoms with Gasteiger partial charge in [0.1, 0.15) is 12.4 Å². The molecule has 3 rings (SSSR count). The maximum Gasteiger partial charge on any atom is 0.416 e. The van der Waals surface area contributed by atoms with Crippen LogP contribution in [0.1, 0.15) is 30.0 Å². The minimum Gasteiger partial charge on any atom is -0.445 e. The summed E-state index contributed by atoms with van der Waals surface area (Å²) in [4.78, 5) is 27.4. The normalized spacial score (nSPS) is 15.5. The van der Waals surface area contributed by atoms with Crippen LogP contribution in [0, 0.1) is 6.92 Å². The third-order valence-electron chi connectivity index (χ3n) is 5.71. The Labute approximate surface area is 246 Å². The van der Waals surface area contributed by atoms with Crippen LogP contribution in [0.5, 0.6) is 5.75 Å². The zero-order valence-corrected chi connectivity index (χ0v) is 23.8. The molecule has 16 heteroatoms. The standard InChI is InChI=1S/C25H24Cl3F5N4O4/c1-3-10-36(23(39)40-13-24(26,27)28)18-12-37(22(38)34-17-7-5-16(6-8-17)25(31,32)33)35-20(18)15-4-9-19(14(2)11-15)41-21(29)30/h4-9,11,18,21H,3,10,12-13H2,1-2H3,(H,34,38). The molecular weight excluding hydrogens is 622 g/mol. The molecule has 0 bridgehead atoms. The molecule has 41 heavy (non-hydrogen) atoms. The predicted molar refractivity (Wildman–Crippen MR) is 144 cm³/mol. The smallest absolute Gasteiger partial charge is 0.416 e. The highest BCUT2D eigenvalue weighted by molar-refractivity contribution is 6.67. The van der Waals surface area contributed by atoms with Crippen molar-refractivity contribution in [3.63, 3.8) is 0 Å². The molecule has 0 aliphatic carbocycles. The number of aryl methyl sites for hydroxylation is 1. The van der Waals surface area contributed by atoms with E-state index in [-0.39, 0.29) is 30.2 Å². The van der Waals surface area contributed by atoms with Gasteiger partial charge >= 0.3 is 24.9 Å². The Balaban J connectivity index is 1.93. The fourth-order valence-corrected chi connectivity index (χ4v) is 4.09. The van der Waals surface area contributed by atoms with Gasteiger partial charge in [-0.15, -0.1) is 0 Å². The maximum atomic E-state index is 13.1. The number of nitrogens with zero attached hydrogens (tertiary/aromatic N) is 3. The molecule has 0 saturated heterocycles. The summed E-state index contributed by atoms with van der Waals surface area (Å²) in [6.07, 6.45) is -4.95. The van der Waals surface area contributed by atoms with Crippen molar-refractivity contribution in [3.05, 3.63) is 59.2 Å². The first kappa shape index (κ1) is 32.5. The van der Waals surface area contributed by atoms with Crippen molar-refractivity contribution >= 4 is 58.3 Å². The second-order valence-electron chi connectivity index (χ2n) is 8.81. The largest absolute Gasteiger partial charge is 0.445 e. The average molecular weight is 646 g/mol. The summed E-state index contributed by atoms with van der Waals surface area (Å²) in [6.45, 7) is -0.335. The molecule has 0 aromatic heterocycles. The van der Waals surface area contributed by atoms with E-state index in [4.69, 9.17) is 39.5 Å². The Morgan fingerprint density at radius 1 is 1.15 bits per heavy atom. The van der Waals surface area contributed by atoms with E-state index in [1.54, 1.807) is 6.92 Å². The first-order valence-electron chi connectivity index (χ1n) is 12.0. The van der Waals surface area contributed by atoms with Gasteiger partial charge in [0, 0.05) is 17.8 Å². The van der Waals surface area contributed by atoms with E-state index in [9.17, 15) is 31.5 Å². The Morgan fingerprint density at radius 2 is 1.80 bits per heavy atom. The number of hydrazone groups is 1. The second kappa shape index (κ2) is 13.3. The van der Waals surface area contributed by atoms with E-state index in [1.165, 1.54) is 30.0 Å². The fourth-order valence-electron chi connectivity index (χ4n) is 3.92. The third kappa shape index (κ3) is 8.98. The molecule has 1 aliphatic rings. The van der Waals surface area contributed by atoms with Crippen LogP contribution in [0.3, 0.4) is 0 Å². The van der Waals surface area contributed by atoms with Crippen LogP contribution in [0.15, 0.2) is 47.6 Å². The number of hydrogen-bond acceptors (Lipinski definition) is 5. The second-order valence-corrected chi connectivity index (χ2v) is 11.3. The summed E-state index contributed by atoms with van der Waals surface area (Å²) in [7, 11) is 0. The number of carbonyl (C=O) groups is 2. The molecule has 3 amide bonds. The minimum atomic E-state index is -4.55. The molecule has 0 fully saturated rings. The lowest BCUT2D eigenvalue weighted by atomic mass is 10.0. The van der Waals surface area contributed by atoms with E-state index in [1.807, 2.05) is 0 Å². The lowest BCUT2D eigenvalue weighted by molar-refractivity contribution is -0.137. The molecular formula is C25H24Cl3F5N4O4. The quantitative estimate of drug-likeness (QED) is 0.239. The molecule has 0 radical (unpaired) electrons. The summed E-state index contributed by atoms with van der Waals surface area (Å²) in [5, 5.41) is 7.81. The molecule has 1 heterocycles. The van der Waals surface area contributed by atoms with E-state index in [0.717, 1.165) is 29.3 Å². The van der Waals surface area contributed by atoms with Gasteiger partial charge in [-0.1, -0.05) is 41.7 Å². The number of amides is 3. The van der Waals surface area contributed by atoms with Gasteiger partial charge in [0.25, 0.3) is 0 Å². The SMILES string of the molecule is CCCN(C(=O)OCC(Cl)(Cl)Cl)C1CN(C(=O)Nc2ccc(C(F)(F)F)cc2)N=C1c1ccc(OC(F)F)c(C)c1. The maximum absolute atomic E-state index is 13.1. The van der Waals surface area contributed by atoms with Crippen molar-refractivity contribution < 1.29 is 41.0 Å². The zero-order chi connectivity index (χ0) is 30.5. The van der Waals surface area contributed by atoms with Crippen molar-refractivity contribution in [2.24, 2.45) is 5.10 Å². The summed E-state index contributed by atoms with van der Waals surface area (Å²) < 4.78 is 72.0. The molecule has 2 aromatic rings. The summed E-state index contributed by atoms with van der Waals surface area (Å²) in [5.74, 6) is -0.0803. The van der Waals surface area contributed by atoms with Gasteiger partial charge in [-0.2, -0.15) is 27.1 Å². The summed E-state index contributed by atoms with van der Waals surface area (Å²) >= 11 is 17.1. The number of hydrogen-bond donors (Lipinski definition) is 1. The van der Waals surface area contributed by atoms with E-state index < -0.39 is 46.9 Å². The Hall–Kier alpha value is -3.03. The van der Waals surface area contributed by atoms with Crippen LogP contribution in [0.4, 0.5) is 37.2 Å². The zero-order valence-electron chi connectivity index (χ0n) is 21.5. The minimum absolute atomic E-state index is 0.0695. The Kier molecular flexibility index (Phi) is 10.5. The number of anilines is 1. The highest BCUT2D eigenvalue weighted by atomic mass is 35.6. The Bertz CT molecular complexity index is 1270. The van der Waals surface area contributed by atoms with Crippen LogP contribution >= 0.6 is 34.8 Å². The highest BCUT2D eigenvalue weighted by Crippen LogP contribution is 2.31. The lowest BCUT2D eigenvalue weighted by Crippen LogP contribution is -2.48. The number of halogens is 8. The number of carbonyl (C=O) groups excluding carboxylic acids is 2. The molecule has 1 atom stereocenters. The molecule has 2 aromatic carbocycles. The van der Waals surface area contributed by atoms with Gasteiger partial charge in [-0.25, -0.2) is 14.6 Å². The first-order valence-corrected chi connectivity index (χ1v) is 13.1. The van der Waals surface area contributed by atoms with Crippen molar-refractivity contribution in [1.82, 2.24) is 9.91 Å². The topological polar surface area (TPSA) is 83.5 Å². The van der Waals surface area contributed by atoms with Crippen LogP contribution in [-0.2, 0) is 10.9 Å². The van der Waals surface area contributed by atoms with Gasteiger partial charge in [0.2, 0.25) is 3.79 Å². The number of ether oxygens (including phenoxy) is 2. The van der Waals surface area contributed by atoms with Crippen LogP contribution in [0.25, 0.3) is 0 Å². The van der Waals surface area contributed by atoms with Gasteiger partial charge in [-0.05, 0) is 61.4 Å². The van der Waals surface area contributed by atoms with Gasteiger partial charge < -0.3 is 14.8 Å². The van der Waals surface area contributed by atoms with E-state index >= 15 is 0 Å². The van der Waals surface area contributed by atoms with Gasteiger partial charge in [0.05, 0.1) is 23.9 Å². The predicted octanol–water partition coefficient (Wildman–Crippen LogP) is 7.45. The molecule has 0 spiro atoms. The molecule has 224 valence electrons. The summed E-state index contributed by atoms with van der Waals surface area (Å²) in [5.41, 5.74) is 0.0980. The molecule has 0 saturated carbocycles. The molecule has 8 nitrogen and oxygen atoms in total. The van der Waals surface area contributed by atoms with E-state index in [2.05, 4.69) is 15.2 Å². The van der Waals surface area contributed by atoms with E-state index in [0.29, 0.717) is 17.5 Å². The van der Waals surface area contributed by atoms with Crippen LogP contribution < -0.4 is 10.1 Å². The number of nitrogens with one attached hydrogen (secondary N) is 1. The van der Waals surface area contributed by atoms with Crippen LogP contribution in [0.2, 0.25) is 0 Å². The van der Waals surface area contributed by atoms with Crippen molar-refractivity contribution in [2.45, 2.75) is 42.9 Å². The fraction of sp³-hybridized carbons (Fsp3) is 0.400. The third-order valence-corrected chi connectivity index (χ3v) is 6.04.